The molecule has 0 spiro atoms. The van der Waals surface area contributed by atoms with Gasteiger partial charge in [0.1, 0.15) is 5.69 Å². The number of carbonyl (C=O) groups excluding carboxylic acids is 1. The molecule has 0 atom stereocenters. The molecule has 0 aliphatic heterocycles. The number of alkyl halides is 3. The highest BCUT2D eigenvalue weighted by molar-refractivity contribution is 6.17. The monoisotopic (exact) mass is 276 g/mol. The number of halogens is 3. The number of nitrogens with one attached hydrogen (secondary N) is 1. The molecule has 0 unspecified atom stereocenters. The van der Waals surface area contributed by atoms with E-state index in [0.29, 0.717) is 11.1 Å². The van der Waals surface area contributed by atoms with Crippen molar-refractivity contribution in [1.29, 1.82) is 0 Å². The number of pyridine rings is 1. The first-order valence-corrected chi connectivity index (χ1v) is 6.08. The van der Waals surface area contributed by atoms with E-state index in [2.05, 4.69) is 10.3 Å². The Hall–Kier alpha value is -1.23. The Bertz CT molecular complexity index is 425. The van der Waals surface area contributed by atoms with Gasteiger partial charge in [-0.1, -0.05) is 13.8 Å². The quantitative estimate of drug-likeness (QED) is 0.840. The summed E-state index contributed by atoms with van der Waals surface area (Å²) in [6.07, 6.45) is -1.31. The standard InChI is InChI=1S/C12H15ClF2N2O/c1-7(2)12(18)17-6-8-3-9(4-13)10(11(14)15)16-5-8/h3,5,7,11H,4,6H2,1-2H3,(H,17,18). The van der Waals surface area contributed by atoms with Gasteiger partial charge in [-0.15, -0.1) is 11.6 Å². The molecule has 0 saturated carbocycles. The van der Waals surface area contributed by atoms with Crippen LogP contribution in [0.5, 0.6) is 0 Å². The Balaban J connectivity index is 2.77. The Kier molecular flexibility index (Phi) is 5.47. The zero-order valence-electron chi connectivity index (χ0n) is 10.2. The Morgan fingerprint density at radius 3 is 2.67 bits per heavy atom. The van der Waals surface area contributed by atoms with Gasteiger partial charge < -0.3 is 5.32 Å². The Labute approximate surface area is 110 Å². The topological polar surface area (TPSA) is 42.0 Å². The third-order valence-corrected chi connectivity index (χ3v) is 2.69. The molecule has 1 N–H and O–H groups in total. The van der Waals surface area contributed by atoms with Crippen LogP contribution in [0.25, 0.3) is 0 Å². The van der Waals surface area contributed by atoms with Crippen LogP contribution < -0.4 is 5.32 Å². The number of hydrogen-bond donors (Lipinski definition) is 1. The van der Waals surface area contributed by atoms with Gasteiger partial charge in [0, 0.05) is 24.5 Å². The van der Waals surface area contributed by atoms with Crippen molar-refractivity contribution in [3.05, 3.63) is 29.1 Å². The lowest BCUT2D eigenvalue weighted by atomic mass is 10.1. The number of carbonyl (C=O) groups is 1. The smallest absolute Gasteiger partial charge is 0.280 e. The second-order valence-corrected chi connectivity index (χ2v) is 4.46. The summed E-state index contributed by atoms with van der Waals surface area (Å²) in [4.78, 5) is 15.1. The second-order valence-electron chi connectivity index (χ2n) is 4.19. The van der Waals surface area contributed by atoms with Gasteiger partial charge in [-0.3, -0.25) is 9.78 Å². The van der Waals surface area contributed by atoms with Crippen LogP contribution >= 0.6 is 11.6 Å². The fourth-order valence-corrected chi connectivity index (χ4v) is 1.58. The van der Waals surface area contributed by atoms with Gasteiger partial charge in [-0.25, -0.2) is 8.78 Å². The molecule has 0 aromatic carbocycles. The Morgan fingerprint density at radius 1 is 1.50 bits per heavy atom. The molecule has 0 bridgehead atoms. The van der Waals surface area contributed by atoms with Crippen molar-refractivity contribution in [3.63, 3.8) is 0 Å². The summed E-state index contributed by atoms with van der Waals surface area (Å²) in [5.74, 6) is -0.246. The van der Waals surface area contributed by atoms with Gasteiger partial charge >= 0.3 is 0 Å². The van der Waals surface area contributed by atoms with Crippen molar-refractivity contribution in [3.8, 4) is 0 Å². The summed E-state index contributed by atoms with van der Waals surface area (Å²) in [5.41, 5.74) is 0.649. The summed E-state index contributed by atoms with van der Waals surface area (Å²) in [7, 11) is 0. The van der Waals surface area contributed by atoms with Crippen LogP contribution in [-0.2, 0) is 17.2 Å². The minimum atomic E-state index is -2.64. The van der Waals surface area contributed by atoms with Crippen LogP contribution in [0.1, 0.15) is 37.1 Å². The van der Waals surface area contributed by atoms with E-state index in [1.165, 1.54) is 6.20 Å². The van der Waals surface area contributed by atoms with Crippen LogP contribution in [0, 0.1) is 5.92 Å². The maximum atomic E-state index is 12.6. The van der Waals surface area contributed by atoms with E-state index in [1.807, 2.05) is 0 Å². The van der Waals surface area contributed by atoms with Crippen LogP contribution in [-0.4, -0.2) is 10.9 Å². The molecule has 0 aliphatic carbocycles. The van der Waals surface area contributed by atoms with Gasteiger partial charge in [-0.05, 0) is 17.2 Å². The van der Waals surface area contributed by atoms with Crippen molar-refractivity contribution in [2.45, 2.75) is 32.7 Å². The average molecular weight is 277 g/mol. The zero-order chi connectivity index (χ0) is 13.7. The minimum absolute atomic E-state index is 0.0291. The minimum Gasteiger partial charge on any atom is -0.352 e. The maximum Gasteiger partial charge on any atom is 0.280 e. The molecule has 1 rings (SSSR count). The number of aromatic nitrogens is 1. The molecular weight excluding hydrogens is 262 g/mol. The third-order valence-electron chi connectivity index (χ3n) is 2.40. The summed E-state index contributed by atoms with van der Waals surface area (Å²) in [6, 6.07) is 1.54. The van der Waals surface area contributed by atoms with E-state index in [9.17, 15) is 13.6 Å². The summed E-state index contributed by atoms with van der Waals surface area (Å²) >= 11 is 5.60. The highest BCUT2D eigenvalue weighted by atomic mass is 35.5. The molecule has 0 aliphatic rings. The van der Waals surface area contributed by atoms with Crippen molar-refractivity contribution in [2.24, 2.45) is 5.92 Å². The molecule has 3 nitrogen and oxygen atoms in total. The predicted molar refractivity (Wildman–Crippen MR) is 65.4 cm³/mol. The second kappa shape index (κ2) is 6.64. The highest BCUT2D eigenvalue weighted by Gasteiger charge is 2.15. The van der Waals surface area contributed by atoms with Crippen molar-refractivity contribution < 1.29 is 13.6 Å². The van der Waals surface area contributed by atoms with Gasteiger partial charge in [0.25, 0.3) is 6.43 Å². The molecular formula is C12H15ClF2N2O. The van der Waals surface area contributed by atoms with Gasteiger partial charge in [0.2, 0.25) is 5.91 Å². The van der Waals surface area contributed by atoms with Gasteiger partial charge in [0.05, 0.1) is 0 Å². The van der Waals surface area contributed by atoms with Crippen molar-refractivity contribution in [1.82, 2.24) is 10.3 Å². The fourth-order valence-electron chi connectivity index (χ4n) is 1.36. The van der Waals surface area contributed by atoms with E-state index >= 15 is 0 Å². The first kappa shape index (κ1) is 14.8. The molecule has 1 aromatic rings. The lowest BCUT2D eigenvalue weighted by Gasteiger charge is -2.10. The molecule has 0 radical (unpaired) electrons. The van der Waals surface area contributed by atoms with Crippen LogP contribution in [0.15, 0.2) is 12.3 Å². The number of hydrogen-bond acceptors (Lipinski definition) is 2. The average Bonchev–Trinajstić information content (AvgIpc) is 2.34. The number of amides is 1. The SMILES string of the molecule is CC(C)C(=O)NCc1cnc(C(F)F)c(CCl)c1. The number of nitrogens with zero attached hydrogens (tertiary/aromatic N) is 1. The molecule has 1 amide bonds. The van der Waals surface area contributed by atoms with E-state index in [0.717, 1.165) is 0 Å². The van der Waals surface area contributed by atoms with E-state index in [-0.39, 0.29) is 29.9 Å². The normalized spacial score (nSPS) is 11.1. The number of rotatable bonds is 5. The lowest BCUT2D eigenvalue weighted by molar-refractivity contribution is -0.124. The summed E-state index contributed by atoms with van der Waals surface area (Å²) in [6.45, 7) is 3.81. The molecule has 6 heteroatoms. The van der Waals surface area contributed by atoms with E-state index in [1.54, 1.807) is 19.9 Å². The lowest BCUT2D eigenvalue weighted by Crippen LogP contribution is -2.27. The van der Waals surface area contributed by atoms with Crippen LogP contribution in [0.4, 0.5) is 8.78 Å². The molecule has 1 aromatic heterocycles. The van der Waals surface area contributed by atoms with Crippen LogP contribution in [0.2, 0.25) is 0 Å². The van der Waals surface area contributed by atoms with Crippen molar-refractivity contribution in [2.75, 3.05) is 0 Å². The summed E-state index contributed by atoms with van der Waals surface area (Å²) in [5, 5.41) is 2.69. The fraction of sp³-hybridized carbons (Fsp3) is 0.500. The molecule has 0 fully saturated rings. The van der Waals surface area contributed by atoms with Gasteiger partial charge in [-0.2, -0.15) is 0 Å². The first-order chi connectivity index (χ1) is 8.45. The van der Waals surface area contributed by atoms with Gasteiger partial charge in [0.15, 0.2) is 0 Å². The van der Waals surface area contributed by atoms with Crippen LogP contribution in [0.3, 0.4) is 0 Å². The molecule has 0 saturated heterocycles. The van der Waals surface area contributed by atoms with E-state index < -0.39 is 6.43 Å². The zero-order valence-corrected chi connectivity index (χ0v) is 11.0. The summed E-state index contributed by atoms with van der Waals surface area (Å²) < 4.78 is 25.2. The first-order valence-electron chi connectivity index (χ1n) is 5.55. The van der Waals surface area contributed by atoms with E-state index in [4.69, 9.17) is 11.6 Å². The molecule has 100 valence electrons. The van der Waals surface area contributed by atoms with Crippen molar-refractivity contribution >= 4 is 17.5 Å². The maximum absolute atomic E-state index is 12.6. The third kappa shape index (κ3) is 3.91. The molecule has 18 heavy (non-hydrogen) atoms. The predicted octanol–water partition coefficient (Wildman–Crippen LogP) is 3.03. The largest absolute Gasteiger partial charge is 0.352 e. The highest BCUT2D eigenvalue weighted by Crippen LogP contribution is 2.22. The Morgan fingerprint density at radius 2 is 2.17 bits per heavy atom. The molecule has 1 heterocycles.